The predicted molar refractivity (Wildman–Crippen MR) is 77.8 cm³/mol. The zero-order valence-corrected chi connectivity index (χ0v) is 12.1. The number of para-hydroxylation sites is 1. The molecule has 0 saturated carbocycles. The van der Waals surface area contributed by atoms with Gasteiger partial charge >= 0.3 is 6.09 Å². The van der Waals surface area contributed by atoms with E-state index in [9.17, 15) is 14.4 Å². The van der Waals surface area contributed by atoms with Gasteiger partial charge in [0.2, 0.25) is 0 Å². The average Bonchev–Trinajstić information content (AvgIpc) is 2.88. The van der Waals surface area contributed by atoms with Crippen LogP contribution in [0, 0.1) is 0 Å². The number of benzene rings is 1. The minimum absolute atomic E-state index is 0.105. The SMILES string of the molecule is O=C(ON1C(=O)CCC1=O)N1CCN(c2ccccc2)CC1. The van der Waals surface area contributed by atoms with E-state index in [4.69, 9.17) is 4.84 Å². The highest BCUT2D eigenvalue weighted by Gasteiger charge is 2.34. The van der Waals surface area contributed by atoms with Gasteiger partial charge in [0.15, 0.2) is 0 Å². The lowest BCUT2D eigenvalue weighted by Gasteiger charge is -2.35. The van der Waals surface area contributed by atoms with Crippen molar-refractivity contribution in [1.82, 2.24) is 9.96 Å². The molecule has 0 spiro atoms. The van der Waals surface area contributed by atoms with Crippen LogP contribution in [0.5, 0.6) is 0 Å². The molecule has 0 aromatic heterocycles. The fourth-order valence-corrected chi connectivity index (χ4v) is 2.58. The highest BCUT2D eigenvalue weighted by molar-refractivity contribution is 6.01. The van der Waals surface area contributed by atoms with Gasteiger partial charge in [-0.05, 0) is 12.1 Å². The van der Waals surface area contributed by atoms with Gasteiger partial charge in [-0.3, -0.25) is 9.59 Å². The molecule has 7 nitrogen and oxygen atoms in total. The number of anilines is 1. The Bertz CT molecular complexity index is 566. The molecule has 2 aliphatic heterocycles. The molecule has 2 saturated heterocycles. The van der Waals surface area contributed by atoms with E-state index in [1.165, 1.54) is 4.90 Å². The lowest BCUT2D eigenvalue weighted by Crippen LogP contribution is -2.50. The highest BCUT2D eigenvalue weighted by atomic mass is 16.7. The molecule has 116 valence electrons. The molecule has 2 heterocycles. The summed E-state index contributed by atoms with van der Waals surface area (Å²) in [6.07, 6.45) is -0.432. The fourth-order valence-electron chi connectivity index (χ4n) is 2.58. The molecule has 7 heteroatoms. The first-order valence-electron chi connectivity index (χ1n) is 7.28. The van der Waals surface area contributed by atoms with Crippen LogP contribution in [0.3, 0.4) is 0 Å². The van der Waals surface area contributed by atoms with Crippen LogP contribution in [0.4, 0.5) is 10.5 Å². The molecule has 0 N–H and O–H groups in total. The van der Waals surface area contributed by atoms with Crippen molar-refractivity contribution in [3.05, 3.63) is 30.3 Å². The van der Waals surface area contributed by atoms with E-state index < -0.39 is 17.9 Å². The van der Waals surface area contributed by atoms with Gasteiger partial charge in [0.1, 0.15) is 0 Å². The van der Waals surface area contributed by atoms with E-state index in [1.54, 1.807) is 0 Å². The number of carbonyl (C=O) groups is 3. The molecule has 0 unspecified atom stereocenters. The van der Waals surface area contributed by atoms with Crippen molar-refractivity contribution >= 4 is 23.6 Å². The molecule has 1 aromatic carbocycles. The first-order valence-corrected chi connectivity index (χ1v) is 7.28. The predicted octanol–water partition coefficient (Wildman–Crippen LogP) is 1.01. The summed E-state index contributed by atoms with van der Waals surface area (Å²) < 4.78 is 0. The average molecular weight is 303 g/mol. The van der Waals surface area contributed by atoms with Crippen LogP contribution in [-0.2, 0) is 14.4 Å². The zero-order chi connectivity index (χ0) is 15.5. The van der Waals surface area contributed by atoms with Crippen LogP contribution in [0.1, 0.15) is 12.8 Å². The van der Waals surface area contributed by atoms with E-state index in [-0.39, 0.29) is 12.8 Å². The number of carbonyl (C=O) groups excluding carboxylic acids is 3. The molecule has 0 bridgehead atoms. The summed E-state index contributed by atoms with van der Waals surface area (Å²) in [5.41, 5.74) is 1.11. The Balaban J connectivity index is 1.54. The van der Waals surface area contributed by atoms with Crippen molar-refractivity contribution in [3.63, 3.8) is 0 Å². The van der Waals surface area contributed by atoms with Crippen LogP contribution < -0.4 is 4.90 Å². The molecular weight excluding hydrogens is 286 g/mol. The number of piperazine rings is 1. The number of nitrogens with zero attached hydrogens (tertiary/aromatic N) is 3. The number of hydrogen-bond donors (Lipinski definition) is 0. The minimum atomic E-state index is -0.642. The Morgan fingerprint density at radius 1 is 0.909 bits per heavy atom. The lowest BCUT2D eigenvalue weighted by molar-refractivity contribution is -0.173. The third-order valence-electron chi connectivity index (χ3n) is 3.83. The molecule has 2 aliphatic rings. The van der Waals surface area contributed by atoms with Crippen LogP contribution >= 0.6 is 0 Å². The second-order valence-electron chi connectivity index (χ2n) is 5.25. The second kappa shape index (κ2) is 6.05. The maximum Gasteiger partial charge on any atom is 0.434 e. The van der Waals surface area contributed by atoms with Gasteiger partial charge < -0.3 is 14.6 Å². The lowest BCUT2D eigenvalue weighted by atomic mass is 10.2. The number of hydroxylamine groups is 2. The van der Waals surface area contributed by atoms with Crippen molar-refractivity contribution in [2.75, 3.05) is 31.1 Å². The number of imide groups is 1. The van der Waals surface area contributed by atoms with Crippen LogP contribution in [0.25, 0.3) is 0 Å². The van der Waals surface area contributed by atoms with Crippen molar-refractivity contribution in [2.45, 2.75) is 12.8 Å². The maximum absolute atomic E-state index is 12.0. The topological polar surface area (TPSA) is 70.2 Å². The minimum Gasteiger partial charge on any atom is -0.368 e. The summed E-state index contributed by atoms with van der Waals surface area (Å²) in [4.78, 5) is 43.5. The molecule has 0 aliphatic carbocycles. The smallest absolute Gasteiger partial charge is 0.368 e. The summed E-state index contributed by atoms with van der Waals surface area (Å²) in [7, 11) is 0. The van der Waals surface area contributed by atoms with Gasteiger partial charge in [-0.2, -0.15) is 0 Å². The molecule has 1 aromatic rings. The quantitative estimate of drug-likeness (QED) is 0.763. The highest BCUT2D eigenvalue weighted by Crippen LogP contribution is 2.17. The Morgan fingerprint density at radius 2 is 1.50 bits per heavy atom. The van der Waals surface area contributed by atoms with E-state index >= 15 is 0 Å². The second-order valence-corrected chi connectivity index (χ2v) is 5.25. The first-order chi connectivity index (χ1) is 10.6. The van der Waals surface area contributed by atoms with Gasteiger partial charge in [-0.25, -0.2) is 4.79 Å². The van der Waals surface area contributed by atoms with Crippen molar-refractivity contribution < 1.29 is 19.2 Å². The number of rotatable bonds is 2. The standard InChI is InChI=1S/C15H17N3O4/c19-13-6-7-14(20)18(13)22-15(21)17-10-8-16(9-11-17)12-4-2-1-3-5-12/h1-5H,6-11H2. The Kier molecular flexibility index (Phi) is 3.95. The van der Waals surface area contributed by atoms with Crippen LogP contribution in [-0.4, -0.2) is 54.0 Å². The summed E-state index contributed by atoms with van der Waals surface area (Å²) >= 11 is 0. The van der Waals surface area contributed by atoms with Gasteiger partial charge in [-0.15, -0.1) is 5.06 Å². The molecular formula is C15H17N3O4. The summed E-state index contributed by atoms with van der Waals surface area (Å²) in [6.45, 7) is 2.34. The molecule has 0 radical (unpaired) electrons. The van der Waals surface area contributed by atoms with E-state index in [2.05, 4.69) is 4.90 Å². The Hall–Kier alpha value is -2.57. The van der Waals surface area contributed by atoms with Crippen LogP contribution in [0.15, 0.2) is 30.3 Å². The monoisotopic (exact) mass is 303 g/mol. The van der Waals surface area contributed by atoms with E-state index in [0.717, 1.165) is 5.69 Å². The molecule has 0 atom stereocenters. The van der Waals surface area contributed by atoms with E-state index in [0.29, 0.717) is 31.2 Å². The Labute approximate surface area is 128 Å². The van der Waals surface area contributed by atoms with E-state index in [1.807, 2.05) is 30.3 Å². The van der Waals surface area contributed by atoms with Crippen molar-refractivity contribution in [3.8, 4) is 0 Å². The van der Waals surface area contributed by atoms with Gasteiger partial charge in [0, 0.05) is 44.7 Å². The van der Waals surface area contributed by atoms with Crippen LogP contribution in [0.2, 0.25) is 0 Å². The third kappa shape index (κ3) is 2.88. The maximum atomic E-state index is 12.0. The third-order valence-corrected chi connectivity index (χ3v) is 3.83. The summed E-state index contributed by atoms with van der Waals surface area (Å²) in [5, 5.41) is 0.589. The van der Waals surface area contributed by atoms with Crippen molar-refractivity contribution in [1.29, 1.82) is 0 Å². The number of amides is 3. The molecule has 3 rings (SSSR count). The normalized spacial score (nSPS) is 18.8. The largest absolute Gasteiger partial charge is 0.434 e. The van der Waals surface area contributed by atoms with Gasteiger partial charge in [-0.1, -0.05) is 18.2 Å². The molecule has 22 heavy (non-hydrogen) atoms. The first kappa shape index (κ1) is 14.4. The fraction of sp³-hybridized carbons (Fsp3) is 0.400. The summed E-state index contributed by atoms with van der Waals surface area (Å²) in [5.74, 6) is -0.914. The molecule has 2 fully saturated rings. The number of hydrogen-bond acceptors (Lipinski definition) is 5. The van der Waals surface area contributed by atoms with Crippen molar-refractivity contribution in [2.24, 2.45) is 0 Å². The Morgan fingerprint density at radius 3 is 2.09 bits per heavy atom. The zero-order valence-electron chi connectivity index (χ0n) is 12.1. The van der Waals surface area contributed by atoms with Gasteiger partial charge in [0.05, 0.1) is 0 Å². The molecule has 3 amide bonds. The van der Waals surface area contributed by atoms with Gasteiger partial charge in [0.25, 0.3) is 11.8 Å². The summed E-state index contributed by atoms with van der Waals surface area (Å²) in [6, 6.07) is 9.95.